The summed E-state index contributed by atoms with van der Waals surface area (Å²) >= 11 is 0. The maximum atomic E-state index is 12.9. The highest BCUT2D eigenvalue weighted by atomic mass is 35.5. The number of carbonyl (C=O) groups excluding carboxylic acids is 1. The van der Waals surface area contributed by atoms with Crippen molar-refractivity contribution in [1.29, 1.82) is 0 Å². The van der Waals surface area contributed by atoms with Crippen molar-refractivity contribution in [3.8, 4) is 5.75 Å². The lowest BCUT2D eigenvalue weighted by Crippen LogP contribution is -2.50. The number of hydrogen-bond donors (Lipinski definition) is 1. The number of piperazine rings is 1. The molecule has 1 aliphatic heterocycles. The quantitative estimate of drug-likeness (QED) is 0.850. The molecule has 1 unspecified atom stereocenters. The van der Waals surface area contributed by atoms with Crippen molar-refractivity contribution in [1.82, 2.24) is 19.8 Å². The normalized spacial score (nSPS) is 16.9. The summed E-state index contributed by atoms with van der Waals surface area (Å²) in [5.41, 5.74) is 2.26. The monoisotopic (exact) mass is 392 g/mol. The number of nitrogens with one attached hydrogen (secondary N) is 1. The summed E-state index contributed by atoms with van der Waals surface area (Å²) in [6, 6.07) is 6.11. The van der Waals surface area contributed by atoms with Gasteiger partial charge in [-0.15, -0.1) is 12.4 Å². The SMILES string of the molecule is Cc1ccc(C(C)C)c(OCC(=O)N2CCNCC2c2nccn2C)c1.Cl. The predicted octanol–water partition coefficient (Wildman–Crippen LogP) is 2.83. The topological polar surface area (TPSA) is 59.4 Å². The highest BCUT2D eigenvalue weighted by molar-refractivity contribution is 5.85. The Bertz CT molecular complexity index is 775. The van der Waals surface area contributed by atoms with Crippen molar-refractivity contribution in [3.05, 3.63) is 47.5 Å². The van der Waals surface area contributed by atoms with Crippen LogP contribution in [0, 0.1) is 6.92 Å². The molecular weight excluding hydrogens is 364 g/mol. The van der Waals surface area contributed by atoms with Gasteiger partial charge in [0.05, 0.1) is 0 Å². The van der Waals surface area contributed by atoms with Gasteiger partial charge in [0.1, 0.15) is 17.6 Å². The highest BCUT2D eigenvalue weighted by Gasteiger charge is 2.30. The molecule has 1 saturated heterocycles. The molecule has 1 fully saturated rings. The zero-order chi connectivity index (χ0) is 18.7. The molecule has 2 heterocycles. The minimum absolute atomic E-state index is 0. The minimum atomic E-state index is -0.0677. The van der Waals surface area contributed by atoms with Gasteiger partial charge in [0, 0.05) is 39.1 Å². The summed E-state index contributed by atoms with van der Waals surface area (Å²) in [7, 11) is 1.96. The maximum Gasteiger partial charge on any atom is 0.261 e. The summed E-state index contributed by atoms with van der Waals surface area (Å²) in [5.74, 6) is 2.04. The summed E-state index contributed by atoms with van der Waals surface area (Å²) < 4.78 is 7.92. The van der Waals surface area contributed by atoms with E-state index < -0.39 is 0 Å². The van der Waals surface area contributed by atoms with Crippen molar-refractivity contribution in [2.24, 2.45) is 7.05 Å². The molecule has 148 valence electrons. The molecule has 1 aromatic carbocycles. The van der Waals surface area contributed by atoms with E-state index in [9.17, 15) is 4.79 Å². The van der Waals surface area contributed by atoms with Gasteiger partial charge >= 0.3 is 0 Å². The molecule has 1 amide bonds. The number of carbonyl (C=O) groups is 1. The first-order chi connectivity index (χ1) is 12.5. The Kier molecular flexibility index (Phi) is 7.27. The number of rotatable bonds is 5. The fourth-order valence-electron chi connectivity index (χ4n) is 3.40. The van der Waals surface area contributed by atoms with Crippen molar-refractivity contribution >= 4 is 18.3 Å². The van der Waals surface area contributed by atoms with E-state index in [2.05, 4.69) is 36.3 Å². The second-order valence-corrected chi connectivity index (χ2v) is 7.19. The highest BCUT2D eigenvalue weighted by Crippen LogP contribution is 2.28. The van der Waals surface area contributed by atoms with Gasteiger partial charge in [-0.25, -0.2) is 4.98 Å². The number of aromatic nitrogens is 2. The molecule has 0 spiro atoms. The van der Waals surface area contributed by atoms with Gasteiger partial charge in [0.15, 0.2) is 6.61 Å². The van der Waals surface area contributed by atoms with E-state index in [-0.39, 0.29) is 31.0 Å². The van der Waals surface area contributed by atoms with Crippen LogP contribution in [0.5, 0.6) is 5.75 Å². The largest absolute Gasteiger partial charge is 0.483 e. The number of halogens is 1. The van der Waals surface area contributed by atoms with Crippen molar-refractivity contribution in [2.45, 2.75) is 32.7 Å². The second-order valence-electron chi connectivity index (χ2n) is 7.19. The van der Waals surface area contributed by atoms with Gasteiger partial charge in [0.2, 0.25) is 0 Å². The van der Waals surface area contributed by atoms with Gasteiger partial charge in [-0.1, -0.05) is 26.0 Å². The molecular formula is C20H29ClN4O2. The molecule has 0 saturated carbocycles. The van der Waals surface area contributed by atoms with Gasteiger partial charge < -0.3 is 19.5 Å². The number of aryl methyl sites for hydroxylation is 2. The van der Waals surface area contributed by atoms with Crippen LogP contribution in [-0.4, -0.2) is 46.6 Å². The number of imidazole rings is 1. The Hall–Kier alpha value is -2.05. The van der Waals surface area contributed by atoms with Crippen LogP contribution in [0.25, 0.3) is 0 Å². The van der Waals surface area contributed by atoms with Crippen LogP contribution in [0.3, 0.4) is 0 Å². The first-order valence-electron chi connectivity index (χ1n) is 9.18. The second kappa shape index (κ2) is 9.24. The van der Waals surface area contributed by atoms with Gasteiger partial charge in [-0.2, -0.15) is 0 Å². The average molecular weight is 393 g/mol. The van der Waals surface area contributed by atoms with E-state index in [1.807, 2.05) is 35.7 Å². The van der Waals surface area contributed by atoms with Gasteiger partial charge in [-0.3, -0.25) is 4.79 Å². The zero-order valence-electron chi connectivity index (χ0n) is 16.4. The molecule has 0 aliphatic carbocycles. The minimum Gasteiger partial charge on any atom is -0.483 e. The van der Waals surface area contributed by atoms with Crippen molar-refractivity contribution < 1.29 is 9.53 Å². The van der Waals surface area contributed by atoms with E-state index >= 15 is 0 Å². The molecule has 1 atom stereocenters. The standard InChI is InChI=1S/C20H28N4O2.ClH/c1-14(2)16-6-5-15(3)11-18(16)26-13-19(25)24-10-7-21-12-17(24)20-22-8-9-23(20)4;/h5-6,8-9,11,14,17,21H,7,10,12-13H2,1-4H3;1H. The van der Waals surface area contributed by atoms with Crippen LogP contribution in [0.15, 0.2) is 30.6 Å². The number of ether oxygens (including phenoxy) is 1. The summed E-state index contributed by atoms with van der Waals surface area (Å²) in [5, 5.41) is 3.35. The van der Waals surface area contributed by atoms with Gasteiger partial charge in [-0.05, 0) is 30.0 Å². The predicted molar refractivity (Wildman–Crippen MR) is 109 cm³/mol. The summed E-state index contributed by atoms with van der Waals surface area (Å²) in [6.07, 6.45) is 3.68. The molecule has 6 nitrogen and oxygen atoms in total. The molecule has 3 rings (SSSR count). The summed E-state index contributed by atoms with van der Waals surface area (Å²) in [6.45, 7) is 8.49. The van der Waals surface area contributed by atoms with Crippen LogP contribution < -0.4 is 10.1 Å². The van der Waals surface area contributed by atoms with E-state index in [0.29, 0.717) is 19.0 Å². The zero-order valence-corrected chi connectivity index (χ0v) is 17.3. The Morgan fingerprint density at radius 3 is 2.85 bits per heavy atom. The Morgan fingerprint density at radius 2 is 2.19 bits per heavy atom. The van der Waals surface area contributed by atoms with E-state index in [1.54, 1.807) is 6.20 Å². The average Bonchev–Trinajstić information content (AvgIpc) is 3.05. The molecule has 1 N–H and O–H groups in total. The number of amides is 1. The lowest BCUT2D eigenvalue weighted by molar-refractivity contribution is -0.137. The van der Waals surface area contributed by atoms with Crippen LogP contribution in [-0.2, 0) is 11.8 Å². The van der Waals surface area contributed by atoms with Crippen molar-refractivity contribution in [2.75, 3.05) is 26.2 Å². The van der Waals surface area contributed by atoms with Crippen LogP contribution in [0.4, 0.5) is 0 Å². The van der Waals surface area contributed by atoms with Crippen LogP contribution >= 0.6 is 12.4 Å². The third-order valence-electron chi connectivity index (χ3n) is 4.86. The Labute approximate surface area is 167 Å². The van der Waals surface area contributed by atoms with Gasteiger partial charge in [0.25, 0.3) is 5.91 Å². The molecule has 0 radical (unpaired) electrons. The third-order valence-corrected chi connectivity index (χ3v) is 4.86. The third kappa shape index (κ3) is 4.82. The van der Waals surface area contributed by atoms with E-state index in [1.165, 1.54) is 0 Å². The first-order valence-corrected chi connectivity index (χ1v) is 9.18. The fourth-order valence-corrected chi connectivity index (χ4v) is 3.40. The maximum absolute atomic E-state index is 12.9. The van der Waals surface area contributed by atoms with Crippen molar-refractivity contribution in [3.63, 3.8) is 0 Å². The lowest BCUT2D eigenvalue weighted by atomic mass is 10.0. The Morgan fingerprint density at radius 1 is 1.41 bits per heavy atom. The Balaban J connectivity index is 0.00000261. The molecule has 0 bridgehead atoms. The molecule has 2 aromatic rings. The number of nitrogens with zero attached hydrogens (tertiary/aromatic N) is 3. The molecule has 1 aromatic heterocycles. The number of benzene rings is 1. The molecule has 27 heavy (non-hydrogen) atoms. The smallest absolute Gasteiger partial charge is 0.261 e. The lowest BCUT2D eigenvalue weighted by Gasteiger charge is -2.35. The number of hydrogen-bond acceptors (Lipinski definition) is 4. The molecule has 1 aliphatic rings. The van der Waals surface area contributed by atoms with E-state index in [0.717, 1.165) is 29.2 Å². The van der Waals surface area contributed by atoms with Crippen LogP contribution in [0.2, 0.25) is 0 Å². The molecule has 7 heteroatoms. The summed E-state index contributed by atoms with van der Waals surface area (Å²) in [4.78, 5) is 19.2. The first kappa shape index (κ1) is 21.3. The van der Waals surface area contributed by atoms with Crippen LogP contribution in [0.1, 0.15) is 42.8 Å². The van der Waals surface area contributed by atoms with E-state index in [4.69, 9.17) is 4.74 Å². The fraction of sp³-hybridized carbons (Fsp3) is 0.500.